The van der Waals surface area contributed by atoms with Crippen LogP contribution in [0.1, 0.15) is 18.9 Å². The van der Waals surface area contributed by atoms with Crippen molar-refractivity contribution in [3.8, 4) is 0 Å². The van der Waals surface area contributed by atoms with Crippen LogP contribution in [0, 0.1) is 5.82 Å². The molecule has 0 aliphatic rings. The van der Waals surface area contributed by atoms with Gasteiger partial charge in [0.15, 0.2) is 0 Å². The van der Waals surface area contributed by atoms with E-state index in [1.54, 1.807) is 6.92 Å². The van der Waals surface area contributed by atoms with Crippen LogP contribution in [-0.4, -0.2) is 25.8 Å². The van der Waals surface area contributed by atoms with Crippen molar-refractivity contribution in [1.29, 1.82) is 0 Å². The van der Waals surface area contributed by atoms with Gasteiger partial charge in [0.05, 0.1) is 0 Å². The molecule has 1 aromatic rings. The van der Waals surface area contributed by atoms with E-state index < -0.39 is 18.5 Å². The highest BCUT2D eigenvalue weighted by Gasteiger charge is 2.31. The van der Waals surface area contributed by atoms with Gasteiger partial charge >= 0.3 is 6.18 Å². The molecule has 19 heavy (non-hydrogen) atoms. The monoisotopic (exact) mass is 278 g/mol. The molecule has 1 aromatic carbocycles. The predicted molar refractivity (Wildman–Crippen MR) is 67.7 cm³/mol. The SMILES string of the molecule is CCCN(CC(F)(F)F)c1cccc(F)c1CCN. The maximum Gasteiger partial charge on any atom is 0.405 e. The van der Waals surface area contributed by atoms with E-state index in [2.05, 4.69) is 0 Å². The van der Waals surface area contributed by atoms with Crippen molar-refractivity contribution in [3.63, 3.8) is 0 Å². The normalized spacial score (nSPS) is 11.7. The zero-order valence-electron chi connectivity index (χ0n) is 10.8. The fraction of sp³-hybridized carbons (Fsp3) is 0.538. The molecule has 0 fully saturated rings. The molecule has 0 spiro atoms. The van der Waals surface area contributed by atoms with E-state index in [1.807, 2.05) is 0 Å². The van der Waals surface area contributed by atoms with Crippen molar-refractivity contribution >= 4 is 5.69 Å². The minimum atomic E-state index is -4.32. The van der Waals surface area contributed by atoms with Gasteiger partial charge in [0, 0.05) is 17.8 Å². The van der Waals surface area contributed by atoms with Gasteiger partial charge < -0.3 is 10.6 Å². The third-order valence-electron chi connectivity index (χ3n) is 2.69. The molecule has 0 saturated heterocycles. The van der Waals surface area contributed by atoms with E-state index in [0.29, 0.717) is 6.42 Å². The molecule has 6 heteroatoms. The summed E-state index contributed by atoms with van der Waals surface area (Å²) in [5.74, 6) is -0.508. The van der Waals surface area contributed by atoms with E-state index in [9.17, 15) is 17.6 Å². The number of hydrogen-bond acceptors (Lipinski definition) is 2. The summed E-state index contributed by atoms with van der Waals surface area (Å²) in [4.78, 5) is 1.16. The molecule has 2 N–H and O–H groups in total. The van der Waals surface area contributed by atoms with Gasteiger partial charge in [0.1, 0.15) is 12.4 Å². The highest BCUT2D eigenvalue weighted by Crippen LogP contribution is 2.27. The molecule has 0 aliphatic heterocycles. The Bertz CT molecular complexity index is 404. The second-order valence-corrected chi connectivity index (χ2v) is 4.31. The topological polar surface area (TPSA) is 29.3 Å². The molecule has 0 amide bonds. The van der Waals surface area contributed by atoms with Crippen LogP contribution in [-0.2, 0) is 6.42 Å². The highest BCUT2D eigenvalue weighted by atomic mass is 19.4. The lowest BCUT2D eigenvalue weighted by Gasteiger charge is -2.28. The molecule has 0 aliphatic carbocycles. The largest absolute Gasteiger partial charge is 0.405 e. The van der Waals surface area contributed by atoms with Gasteiger partial charge in [-0.2, -0.15) is 13.2 Å². The molecule has 108 valence electrons. The Morgan fingerprint density at radius 2 is 1.95 bits per heavy atom. The first-order valence-corrected chi connectivity index (χ1v) is 6.18. The van der Waals surface area contributed by atoms with Crippen LogP contribution in [0.4, 0.5) is 23.2 Å². The maximum atomic E-state index is 13.7. The minimum Gasteiger partial charge on any atom is -0.362 e. The van der Waals surface area contributed by atoms with E-state index >= 15 is 0 Å². The minimum absolute atomic E-state index is 0.194. The van der Waals surface area contributed by atoms with Crippen LogP contribution in [0.15, 0.2) is 18.2 Å². The summed E-state index contributed by atoms with van der Waals surface area (Å²) in [6.07, 6.45) is -3.55. The van der Waals surface area contributed by atoms with Gasteiger partial charge in [-0.3, -0.25) is 0 Å². The van der Waals surface area contributed by atoms with E-state index in [1.165, 1.54) is 18.2 Å². The number of hydrogen-bond donors (Lipinski definition) is 1. The highest BCUT2D eigenvalue weighted by molar-refractivity contribution is 5.54. The van der Waals surface area contributed by atoms with Crippen LogP contribution in [0.3, 0.4) is 0 Å². The van der Waals surface area contributed by atoms with Gasteiger partial charge in [-0.15, -0.1) is 0 Å². The van der Waals surface area contributed by atoms with Gasteiger partial charge in [-0.1, -0.05) is 13.0 Å². The van der Waals surface area contributed by atoms with Crippen molar-refractivity contribution < 1.29 is 17.6 Å². The molecule has 2 nitrogen and oxygen atoms in total. The first kappa shape index (κ1) is 15.8. The summed E-state index contributed by atoms with van der Waals surface area (Å²) in [6.45, 7) is 1.12. The lowest BCUT2D eigenvalue weighted by molar-refractivity contribution is -0.119. The van der Waals surface area contributed by atoms with Gasteiger partial charge in [0.2, 0.25) is 0 Å². The number of anilines is 1. The Morgan fingerprint density at radius 1 is 1.26 bits per heavy atom. The van der Waals surface area contributed by atoms with Crippen LogP contribution < -0.4 is 10.6 Å². The third-order valence-corrected chi connectivity index (χ3v) is 2.69. The number of benzene rings is 1. The lowest BCUT2D eigenvalue weighted by atomic mass is 10.1. The molecule has 0 bridgehead atoms. The van der Waals surface area contributed by atoms with E-state index in [4.69, 9.17) is 5.73 Å². The van der Waals surface area contributed by atoms with Gasteiger partial charge in [-0.25, -0.2) is 4.39 Å². The Kier molecular flexibility index (Phi) is 5.60. The van der Waals surface area contributed by atoms with Crippen LogP contribution >= 0.6 is 0 Å². The van der Waals surface area contributed by atoms with E-state index in [-0.39, 0.29) is 30.8 Å². The average Bonchev–Trinajstić information content (AvgIpc) is 2.30. The van der Waals surface area contributed by atoms with Crippen LogP contribution in [0.2, 0.25) is 0 Å². The Labute approximate surface area is 110 Å². The quantitative estimate of drug-likeness (QED) is 0.810. The van der Waals surface area contributed by atoms with Crippen molar-refractivity contribution in [2.24, 2.45) is 5.73 Å². The second-order valence-electron chi connectivity index (χ2n) is 4.31. The van der Waals surface area contributed by atoms with Crippen molar-refractivity contribution in [1.82, 2.24) is 0 Å². The third kappa shape index (κ3) is 4.70. The standard InChI is InChI=1S/C13H18F4N2/c1-2-8-19(9-13(15,16)17)12-5-3-4-11(14)10(12)6-7-18/h3-5H,2,6-9,18H2,1H3. The van der Waals surface area contributed by atoms with Crippen molar-refractivity contribution in [2.45, 2.75) is 25.9 Å². The summed E-state index contributed by atoms with van der Waals surface area (Å²) >= 11 is 0. The molecular formula is C13H18F4N2. The summed E-state index contributed by atoms with van der Waals surface area (Å²) in [5.41, 5.74) is 5.93. The van der Waals surface area contributed by atoms with Crippen LogP contribution in [0.5, 0.6) is 0 Å². The second kappa shape index (κ2) is 6.75. The summed E-state index contributed by atoms with van der Waals surface area (Å²) < 4.78 is 51.4. The number of nitrogens with two attached hydrogens (primary N) is 1. The molecule has 0 unspecified atom stereocenters. The first-order valence-electron chi connectivity index (χ1n) is 6.18. The number of nitrogens with zero attached hydrogens (tertiary/aromatic N) is 1. The summed E-state index contributed by atoms with van der Waals surface area (Å²) in [5, 5.41) is 0. The summed E-state index contributed by atoms with van der Waals surface area (Å²) in [6, 6.07) is 4.17. The molecule has 0 aromatic heterocycles. The Hall–Kier alpha value is -1.30. The molecule has 0 heterocycles. The molecular weight excluding hydrogens is 260 g/mol. The van der Waals surface area contributed by atoms with Gasteiger partial charge in [-0.05, 0) is 31.5 Å². The Morgan fingerprint density at radius 3 is 2.47 bits per heavy atom. The van der Waals surface area contributed by atoms with Gasteiger partial charge in [0.25, 0.3) is 0 Å². The smallest absolute Gasteiger partial charge is 0.362 e. The molecule has 1 rings (SSSR count). The fourth-order valence-electron chi connectivity index (χ4n) is 2.01. The zero-order chi connectivity index (χ0) is 14.5. The molecule has 0 atom stereocenters. The van der Waals surface area contributed by atoms with Crippen molar-refractivity contribution in [3.05, 3.63) is 29.6 Å². The average molecular weight is 278 g/mol. The molecule has 0 radical (unpaired) electrons. The van der Waals surface area contributed by atoms with E-state index in [0.717, 1.165) is 4.90 Å². The van der Waals surface area contributed by atoms with Crippen LogP contribution in [0.25, 0.3) is 0 Å². The fourth-order valence-corrected chi connectivity index (χ4v) is 2.01. The first-order chi connectivity index (χ1) is 8.89. The maximum absolute atomic E-state index is 13.7. The number of alkyl halides is 3. The molecule has 0 saturated carbocycles. The Balaban J connectivity index is 3.10. The number of halogens is 4. The lowest BCUT2D eigenvalue weighted by Crippen LogP contribution is -2.35. The number of rotatable bonds is 6. The van der Waals surface area contributed by atoms with Crippen molar-refractivity contribution in [2.75, 3.05) is 24.5 Å². The zero-order valence-corrected chi connectivity index (χ0v) is 10.8. The summed E-state index contributed by atoms with van der Waals surface area (Å²) in [7, 11) is 0. The predicted octanol–water partition coefficient (Wildman–Crippen LogP) is 3.11.